The Labute approximate surface area is 125 Å². The fourth-order valence-electron chi connectivity index (χ4n) is 4.78. The van der Waals surface area contributed by atoms with Crippen molar-refractivity contribution in [2.75, 3.05) is 0 Å². The lowest BCUT2D eigenvalue weighted by Crippen LogP contribution is -2.53. The summed E-state index contributed by atoms with van der Waals surface area (Å²) in [5.41, 5.74) is 1.46. The summed E-state index contributed by atoms with van der Waals surface area (Å²) in [6, 6.07) is 0. The Bertz CT molecular complexity index is 633. The van der Waals surface area contributed by atoms with Crippen LogP contribution in [0, 0.1) is 16.7 Å². The van der Waals surface area contributed by atoms with Gasteiger partial charge < -0.3 is 5.11 Å². The molecule has 0 fully saturated rings. The second-order valence-electron chi connectivity index (χ2n) is 7.46. The van der Waals surface area contributed by atoms with Crippen LogP contribution in [0.25, 0.3) is 0 Å². The molecule has 1 unspecified atom stereocenters. The lowest BCUT2D eigenvalue weighted by atomic mass is 9.48. The summed E-state index contributed by atoms with van der Waals surface area (Å²) >= 11 is 0. The van der Waals surface area contributed by atoms with Crippen molar-refractivity contribution >= 4 is 11.6 Å². The van der Waals surface area contributed by atoms with E-state index >= 15 is 0 Å². The minimum Gasteiger partial charge on any atom is -0.388 e. The number of fused-ring (bicyclic) bond motifs is 1. The summed E-state index contributed by atoms with van der Waals surface area (Å²) in [6.07, 6.45) is 5.62. The van der Waals surface area contributed by atoms with Gasteiger partial charge in [-0.15, -0.1) is 0 Å². The maximum atomic E-state index is 12.3. The maximum Gasteiger partial charge on any atom is 0.182 e. The largest absolute Gasteiger partial charge is 0.388 e. The van der Waals surface area contributed by atoms with E-state index < -0.39 is 11.5 Å². The van der Waals surface area contributed by atoms with Gasteiger partial charge in [-0.1, -0.05) is 26.8 Å². The molecule has 1 N–H and O–H groups in total. The molecule has 0 spiro atoms. The summed E-state index contributed by atoms with van der Waals surface area (Å²) in [4.78, 5) is 24.6. The Kier molecular flexibility index (Phi) is 2.93. The zero-order chi connectivity index (χ0) is 15.6. The molecule has 3 atom stereocenters. The molecule has 21 heavy (non-hydrogen) atoms. The Morgan fingerprint density at radius 1 is 1.14 bits per heavy atom. The first kappa shape index (κ1) is 14.5. The number of aliphatic hydroxyl groups excluding tert-OH is 1. The van der Waals surface area contributed by atoms with E-state index in [2.05, 4.69) is 13.0 Å². The molecule has 0 amide bonds. The predicted molar refractivity (Wildman–Crippen MR) is 80.6 cm³/mol. The minimum atomic E-state index is -0.557. The number of allylic oxidation sites excluding steroid dienone is 5. The Morgan fingerprint density at radius 2 is 1.76 bits per heavy atom. The fraction of sp³-hybridized carbons (Fsp3) is 0.556. The summed E-state index contributed by atoms with van der Waals surface area (Å²) in [7, 11) is 0. The smallest absolute Gasteiger partial charge is 0.182 e. The van der Waals surface area contributed by atoms with Crippen molar-refractivity contribution in [2.24, 2.45) is 16.7 Å². The van der Waals surface area contributed by atoms with E-state index in [1.54, 1.807) is 0 Å². The standard InChI is InChI=1S/C18H22O3/c1-10-5-8-14-17(2,3)15-11(9-18(14,4)16(10)21)12(19)6-7-13(15)20/h5-7,14,16,21H,8-9H2,1-4H3/t14-,16?,18-/m0/s1. The highest BCUT2D eigenvalue weighted by atomic mass is 16.3. The number of rotatable bonds is 0. The van der Waals surface area contributed by atoms with Crippen LogP contribution in [0.1, 0.15) is 40.5 Å². The average Bonchev–Trinajstić information content (AvgIpc) is 2.39. The molecule has 0 heterocycles. The van der Waals surface area contributed by atoms with Crippen molar-refractivity contribution in [1.29, 1.82) is 0 Å². The van der Waals surface area contributed by atoms with E-state index in [0.29, 0.717) is 17.6 Å². The molecule has 3 aliphatic carbocycles. The van der Waals surface area contributed by atoms with E-state index in [1.807, 2.05) is 20.8 Å². The fourth-order valence-corrected chi connectivity index (χ4v) is 4.78. The summed E-state index contributed by atoms with van der Waals surface area (Å²) < 4.78 is 0. The van der Waals surface area contributed by atoms with Gasteiger partial charge >= 0.3 is 0 Å². The van der Waals surface area contributed by atoms with Crippen molar-refractivity contribution in [1.82, 2.24) is 0 Å². The summed E-state index contributed by atoms with van der Waals surface area (Å²) in [5.74, 6) is 0.0415. The second-order valence-corrected chi connectivity index (χ2v) is 7.46. The zero-order valence-corrected chi connectivity index (χ0v) is 13.1. The van der Waals surface area contributed by atoms with Crippen LogP contribution in [0.4, 0.5) is 0 Å². The Morgan fingerprint density at radius 3 is 2.43 bits per heavy atom. The first-order chi connectivity index (χ1) is 9.69. The first-order valence-corrected chi connectivity index (χ1v) is 7.54. The molecule has 0 radical (unpaired) electrons. The van der Waals surface area contributed by atoms with Gasteiger partial charge in [0.2, 0.25) is 0 Å². The molecule has 3 aliphatic rings. The van der Waals surface area contributed by atoms with Crippen LogP contribution in [0.15, 0.2) is 34.9 Å². The second kappa shape index (κ2) is 4.26. The molecular formula is C18H22O3. The number of hydrogen-bond donors (Lipinski definition) is 1. The maximum absolute atomic E-state index is 12.3. The van der Waals surface area contributed by atoms with E-state index in [-0.39, 0.29) is 22.9 Å². The summed E-state index contributed by atoms with van der Waals surface area (Å²) in [5, 5.41) is 10.7. The Hall–Kier alpha value is -1.48. The van der Waals surface area contributed by atoms with Crippen LogP contribution in [-0.2, 0) is 9.59 Å². The number of hydrogen-bond acceptors (Lipinski definition) is 3. The highest BCUT2D eigenvalue weighted by Gasteiger charge is 2.56. The molecule has 3 nitrogen and oxygen atoms in total. The third-order valence-electron chi connectivity index (χ3n) is 5.83. The highest BCUT2D eigenvalue weighted by Crippen LogP contribution is 2.59. The van der Waals surface area contributed by atoms with Gasteiger partial charge in [0.25, 0.3) is 0 Å². The van der Waals surface area contributed by atoms with Crippen LogP contribution in [0.3, 0.4) is 0 Å². The van der Waals surface area contributed by atoms with Gasteiger partial charge in [-0.2, -0.15) is 0 Å². The molecule has 0 bridgehead atoms. The van der Waals surface area contributed by atoms with Crippen molar-refractivity contribution in [2.45, 2.75) is 46.6 Å². The van der Waals surface area contributed by atoms with Crippen molar-refractivity contribution in [3.05, 3.63) is 34.9 Å². The number of carbonyl (C=O) groups is 2. The molecule has 112 valence electrons. The van der Waals surface area contributed by atoms with Gasteiger partial charge in [-0.05, 0) is 48.8 Å². The average molecular weight is 286 g/mol. The topological polar surface area (TPSA) is 54.4 Å². The monoisotopic (exact) mass is 286 g/mol. The molecule has 0 aromatic carbocycles. The molecule has 0 aliphatic heterocycles. The first-order valence-electron chi connectivity index (χ1n) is 7.54. The molecule has 0 saturated heterocycles. The van der Waals surface area contributed by atoms with E-state index in [0.717, 1.165) is 12.0 Å². The van der Waals surface area contributed by atoms with E-state index in [4.69, 9.17) is 0 Å². The van der Waals surface area contributed by atoms with Crippen LogP contribution in [0.5, 0.6) is 0 Å². The SMILES string of the molecule is CC1=CC[C@H]2C(C)(C)C3=C(C[C@]2(C)C1O)C(=O)C=CC3=O. The highest BCUT2D eigenvalue weighted by molar-refractivity contribution is 6.21. The van der Waals surface area contributed by atoms with Crippen LogP contribution in [0.2, 0.25) is 0 Å². The Balaban J connectivity index is 2.20. The van der Waals surface area contributed by atoms with Crippen LogP contribution < -0.4 is 0 Å². The quantitative estimate of drug-likeness (QED) is 0.550. The molecule has 0 aromatic rings. The predicted octanol–water partition coefficient (Wildman–Crippen LogP) is 2.75. The van der Waals surface area contributed by atoms with Crippen LogP contribution >= 0.6 is 0 Å². The van der Waals surface area contributed by atoms with Gasteiger partial charge in [-0.25, -0.2) is 0 Å². The normalized spacial score (nSPS) is 38.0. The number of aliphatic hydroxyl groups is 1. The third-order valence-corrected chi connectivity index (χ3v) is 5.83. The minimum absolute atomic E-state index is 0.0441. The molecule has 0 saturated carbocycles. The zero-order valence-electron chi connectivity index (χ0n) is 13.1. The van der Waals surface area contributed by atoms with E-state index in [9.17, 15) is 14.7 Å². The van der Waals surface area contributed by atoms with Gasteiger partial charge in [-0.3, -0.25) is 9.59 Å². The van der Waals surface area contributed by atoms with Gasteiger partial charge in [0.05, 0.1) is 6.10 Å². The van der Waals surface area contributed by atoms with Gasteiger partial charge in [0.15, 0.2) is 11.6 Å². The van der Waals surface area contributed by atoms with Crippen molar-refractivity contribution < 1.29 is 14.7 Å². The third kappa shape index (κ3) is 1.76. The lowest BCUT2D eigenvalue weighted by molar-refractivity contribution is -0.119. The lowest BCUT2D eigenvalue weighted by Gasteiger charge is -2.55. The van der Waals surface area contributed by atoms with Gasteiger partial charge in [0, 0.05) is 16.6 Å². The number of carbonyl (C=O) groups excluding carboxylic acids is 2. The molecular weight excluding hydrogens is 264 g/mol. The molecule has 0 aromatic heterocycles. The summed E-state index contributed by atoms with van der Waals surface area (Å²) in [6.45, 7) is 8.07. The van der Waals surface area contributed by atoms with Crippen molar-refractivity contribution in [3.8, 4) is 0 Å². The number of ketones is 2. The van der Waals surface area contributed by atoms with Crippen molar-refractivity contribution in [3.63, 3.8) is 0 Å². The van der Waals surface area contributed by atoms with Crippen LogP contribution in [-0.4, -0.2) is 22.8 Å². The molecule has 3 heteroatoms. The van der Waals surface area contributed by atoms with E-state index in [1.165, 1.54) is 12.2 Å². The molecule has 3 rings (SSSR count). The van der Waals surface area contributed by atoms with Gasteiger partial charge in [0.1, 0.15) is 0 Å².